The Morgan fingerprint density at radius 2 is 1.45 bits per heavy atom. The van der Waals surface area contributed by atoms with E-state index >= 15 is 0 Å². The molecule has 0 aromatic heterocycles. The van der Waals surface area contributed by atoms with Crippen molar-refractivity contribution >= 4 is 17.7 Å². The van der Waals surface area contributed by atoms with E-state index in [-0.39, 0.29) is 48.6 Å². The molecular formula is C14H27N3O3. The number of carbonyl (C=O) groups is 3. The third-order valence-electron chi connectivity index (χ3n) is 2.72. The molecule has 0 spiro atoms. The van der Waals surface area contributed by atoms with Crippen LogP contribution >= 0.6 is 0 Å². The second kappa shape index (κ2) is 9.34. The van der Waals surface area contributed by atoms with E-state index in [0.717, 1.165) is 0 Å². The van der Waals surface area contributed by atoms with Crippen LogP contribution in [0.3, 0.4) is 0 Å². The molecule has 0 heterocycles. The van der Waals surface area contributed by atoms with Gasteiger partial charge >= 0.3 is 0 Å². The van der Waals surface area contributed by atoms with Crippen LogP contribution in [0.4, 0.5) is 0 Å². The number of carbonyl (C=O) groups excluding carboxylic acids is 3. The first kappa shape index (κ1) is 18.4. The van der Waals surface area contributed by atoms with Crippen molar-refractivity contribution in [2.24, 2.45) is 11.8 Å². The van der Waals surface area contributed by atoms with Gasteiger partial charge in [-0.3, -0.25) is 14.4 Å². The van der Waals surface area contributed by atoms with E-state index in [4.69, 9.17) is 0 Å². The Hall–Kier alpha value is -1.59. The predicted molar refractivity (Wildman–Crippen MR) is 77.9 cm³/mol. The Bertz CT molecular complexity index is 341. The molecule has 0 bridgehead atoms. The van der Waals surface area contributed by atoms with Crippen molar-refractivity contribution in [2.45, 2.75) is 47.1 Å². The third-order valence-corrected chi connectivity index (χ3v) is 2.72. The van der Waals surface area contributed by atoms with Crippen LogP contribution in [0, 0.1) is 11.8 Å². The van der Waals surface area contributed by atoms with E-state index in [0.29, 0.717) is 6.54 Å². The summed E-state index contributed by atoms with van der Waals surface area (Å²) in [4.78, 5) is 34.9. The van der Waals surface area contributed by atoms with Gasteiger partial charge in [-0.15, -0.1) is 0 Å². The minimum absolute atomic E-state index is 0.0929. The number of hydrogen-bond acceptors (Lipinski definition) is 3. The average Bonchev–Trinajstić information content (AvgIpc) is 2.35. The Balaban J connectivity index is 4.49. The second-order valence-electron chi connectivity index (χ2n) is 5.42. The highest BCUT2D eigenvalue weighted by atomic mass is 16.2. The minimum Gasteiger partial charge on any atom is -0.356 e. The Labute approximate surface area is 121 Å². The molecule has 6 heteroatoms. The largest absolute Gasteiger partial charge is 0.356 e. The van der Waals surface area contributed by atoms with E-state index in [1.807, 2.05) is 6.92 Å². The predicted octanol–water partition coefficient (Wildman–Crippen LogP) is 0.426. The maximum absolute atomic E-state index is 11.7. The Kier molecular flexibility index (Phi) is 8.59. The van der Waals surface area contributed by atoms with Crippen molar-refractivity contribution in [1.29, 1.82) is 0 Å². The summed E-state index contributed by atoms with van der Waals surface area (Å²) in [5, 5.41) is 8.21. The first-order valence-corrected chi connectivity index (χ1v) is 7.12. The summed E-state index contributed by atoms with van der Waals surface area (Å²) in [7, 11) is 0. The molecule has 0 aliphatic rings. The fourth-order valence-corrected chi connectivity index (χ4v) is 1.46. The zero-order valence-electron chi connectivity index (χ0n) is 13.1. The first-order valence-electron chi connectivity index (χ1n) is 7.12. The van der Waals surface area contributed by atoms with Gasteiger partial charge in [0.1, 0.15) is 0 Å². The van der Waals surface area contributed by atoms with Crippen molar-refractivity contribution in [3.05, 3.63) is 0 Å². The molecule has 0 aliphatic heterocycles. The summed E-state index contributed by atoms with van der Waals surface area (Å²) in [5.74, 6) is -0.642. The lowest BCUT2D eigenvalue weighted by atomic mass is 10.1. The quantitative estimate of drug-likeness (QED) is 0.604. The lowest BCUT2D eigenvalue weighted by Gasteiger charge is -2.20. The van der Waals surface area contributed by atoms with Gasteiger partial charge in [-0.2, -0.15) is 0 Å². The van der Waals surface area contributed by atoms with E-state index in [1.165, 1.54) is 0 Å². The summed E-state index contributed by atoms with van der Waals surface area (Å²) in [5.41, 5.74) is 0. The number of nitrogens with one attached hydrogen (secondary N) is 3. The van der Waals surface area contributed by atoms with Crippen molar-refractivity contribution in [3.63, 3.8) is 0 Å². The van der Waals surface area contributed by atoms with Gasteiger partial charge in [0, 0.05) is 31.3 Å². The topological polar surface area (TPSA) is 87.3 Å². The lowest BCUT2D eigenvalue weighted by molar-refractivity contribution is -0.127. The minimum atomic E-state index is -0.390. The molecule has 116 valence electrons. The van der Waals surface area contributed by atoms with Crippen LogP contribution in [0.2, 0.25) is 0 Å². The summed E-state index contributed by atoms with van der Waals surface area (Å²) < 4.78 is 0. The van der Waals surface area contributed by atoms with Gasteiger partial charge in [-0.05, 0) is 6.92 Å². The molecule has 20 heavy (non-hydrogen) atoms. The van der Waals surface area contributed by atoms with Crippen molar-refractivity contribution in [2.75, 3.05) is 13.1 Å². The average molecular weight is 285 g/mol. The highest BCUT2D eigenvalue weighted by Gasteiger charge is 2.19. The molecule has 0 fully saturated rings. The molecule has 3 N–H and O–H groups in total. The molecule has 0 radical (unpaired) electrons. The van der Waals surface area contributed by atoms with E-state index < -0.39 is 0 Å². The molecule has 3 amide bonds. The Morgan fingerprint density at radius 3 is 1.90 bits per heavy atom. The maximum Gasteiger partial charge on any atom is 0.222 e. The molecule has 0 aliphatic carbocycles. The van der Waals surface area contributed by atoms with Crippen molar-refractivity contribution < 1.29 is 14.4 Å². The maximum atomic E-state index is 11.7. The SMILES string of the molecule is CCNC(=O)CC(CNC(=O)C(C)C)NC(=O)C(C)C. The van der Waals surface area contributed by atoms with Gasteiger partial charge in [0.15, 0.2) is 0 Å². The zero-order valence-corrected chi connectivity index (χ0v) is 13.1. The fourth-order valence-electron chi connectivity index (χ4n) is 1.46. The van der Waals surface area contributed by atoms with Crippen LogP contribution in [0.25, 0.3) is 0 Å². The second-order valence-corrected chi connectivity index (χ2v) is 5.42. The monoisotopic (exact) mass is 285 g/mol. The molecule has 6 nitrogen and oxygen atoms in total. The van der Waals surface area contributed by atoms with E-state index in [1.54, 1.807) is 27.7 Å². The van der Waals surface area contributed by atoms with Crippen LogP contribution in [0.15, 0.2) is 0 Å². The van der Waals surface area contributed by atoms with Gasteiger partial charge in [0.25, 0.3) is 0 Å². The molecule has 1 unspecified atom stereocenters. The highest BCUT2D eigenvalue weighted by molar-refractivity contribution is 5.81. The number of rotatable bonds is 8. The smallest absolute Gasteiger partial charge is 0.222 e. The first-order chi connectivity index (χ1) is 9.27. The molecule has 0 rings (SSSR count). The highest BCUT2D eigenvalue weighted by Crippen LogP contribution is 1.98. The standard InChI is InChI=1S/C14H27N3O3/c1-6-15-12(18)7-11(17-14(20)10(4)5)8-16-13(19)9(2)3/h9-11H,6-8H2,1-5H3,(H,15,18)(H,16,19)(H,17,20). The van der Waals surface area contributed by atoms with Gasteiger partial charge in [-0.25, -0.2) is 0 Å². The van der Waals surface area contributed by atoms with Crippen molar-refractivity contribution in [3.8, 4) is 0 Å². The fraction of sp³-hybridized carbons (Fsp3) is 0.786. The van der Waals surface area contributed by atoms with Crippen molar-refractivity contribution in [1.82, 2.24) is 16.0 Å². The molecule has 1 atom stereocenters. The van der Waals surface area contributed by atoms with Gasteiger partial charge in [0.05, 0.1) is 6.04 Å². The van der Waals surface area contributed by atoms with Crippen LogP contribution < -0.4 is 16.0 Å². The zero-order chi connectivity index (χ0) is 15.7. The lowest BCUT2D eigenvalue weighted by Crippen LogP contribution is -2.48. The van der Waals surface area contributed by atoms with E-state index in [2.05, 4.69) is 16.0 Å². The van der Waals surface area contributed by atoms with Gasteiger partial charge in [-0.1, -0.05) is 27.7 Å². The number of hydrogen-bond donors (Lipinski definition) is 3. The Morgan fingerprint density at radius 1 is 0.900 bits per heavy atom. The molecule has 0 saturated heterocycles. The summed E-state index contributed by atoms with van der Waals surface area (Å²) >= 11 is 0. The summed E-state index contributed by atoms with van der Waals surface area (Å²) in [6.07, 6.45) is 0.157. The van der Waals surface area contributed by atoms with Crippen LogP contribution in [0.5, 0.6) is 0 Å². The van der Waals surface area contributed by atoms with Gasteiger partial charge < -0.3 is 16.0 Å². The van der Waals surface area contributed by atoms with Gasteiger partial charge in [0.2, 0.25) is 17.7 Å². The van der Waals surface area contributed by atoms with E-state index in [9.17, 15) is 14.4 Å². The molecular weight excluding hydrogens is 258 g/mol. The van der Waals surface area contributed by atoms with Crippen LogP contribution in [-0.2, 0) is 14.4 Å². The normalized spacial score (nSPS) is 12.2. The molecule has 0 saturated carbocycles. The van der Waals surface area contributed by atoms with Crippen LogP contribution in [0.1, 0.15) is 41.0 Å². The molecule has 0 aromatic carbocycles. The molecule has 0 aromatic rings. The third kappa shape index (κ3) is 7.76. The van der Waals surface area contributed by atoms with Crippen LogP contribution in [-0.4, -0.2) is 36.9 Å². The summed E-state index contributed by atoms with van der Waals surface area (Å²) in [6.45, 7) is 9.78. The number of amides is 3. The summed E-state index contributed by atoms with van der Waals surface area (Å²) in [6, 6.07) is -0.390.